The molecular weight excluding hydrogens is 230 g/mol. The molecule has 0 radical (unpaired) electrons. The number of hydrogen-bond donors (Lipinski definition) is 1. The lowest BCUT2D eigenvalue weighted by Crippen LogP contribution is -3.11. The molecule has 1 heterocycles. The van der Waals surface area contributed by atoms with Gasteiger partial charge in [0.2, 0.25) is 0 Å². The standard InChI is InChI=1S/C14H19NO3/c1-15-9-5-6-11(10-15)18-14(16)12-7-3-4-8-13(12)17-2/h3-4,7-8,11H,5-6,9-10H2,1-2H3/p+1/t11-/m1/s1. The summed E-state index contributed by atoms with van der Waals surface area (Å²) in [5.74, 6) is 0.283. The molecule has 98 valence electrons. The molecule has 1 aromatic rings. The number of likely N-dealkylation sites (N-methyl/N-ethyl adjacent to an activating group) is 1. The minimum atomic E-state index is -0.285. The molecule has 0 saturated carbocycles. The van der Waals surface area contributed by atoms with E-state index in [9.17, 15) is 4.79 Å². The molecule has 1 aliphatic heterocycles. The van der Waals surface area contributed by atoms with Gasteiger partial charge in [-0.15, -0.1) is 0 Å². The number of para-hydroxylation sites is 1. The van der Waals surface area contributed by atoms with Crippen molar-refractivity contribution in [2.24, 2.45) is 0 Å². The van der Waals surface area contributed by atoms with E-state index in [1.807, 2.05) is 12.1 Å². The van der Waals surface area contributed by atoms with Crippen molar-refractivity contribution in [3.8, 4) is 5.75 Å². The highest BCUT2D eigenvalue weighted by Crippen LogP contribution is 2.19. The van der Waals surface area contributed by atoms with Crippen LogP contribution in [0.5, 0.6) is 5.75 Å². The Morgan fingerprint density at radius 3 is 2.89 bits per heavy atom. The van der Waals surface area contributed by atoms with Crippen LogP contribution in [-0.4, -0.2) is 39.3 Å². The Bertz CT molecular complexity index is 419. The van der Waals surface area contributed by atoms with Crippen LogP contribution in [0.15, 0.2) is 24.3 Å². The monoisotopic (exact) mass is 250 g/mol. The zero-order chi connectivity index (χ0) is 13.0. The van der Waals surface area contributed by atoms with Crippen molar-refractivity contribution in [2.45, 2.75) is 18.9 Å². The van der Waals surface area contributed by atoms with Crippen LogP contribution in [0.4, 0.5) is 0 Å². The number of hydrogen-bond acceptors (Lipinski definition) is 3. The van der Waals surface area contributed by atoms with Crippen molar-refractivity contribution in [3.05, 3.63) is 29.8 Å². The summed E-state index contributed by atoms with van der Waals surface area (Å²) in [6, 6.07) is 7.17. The maximum absolute atomic E-state index is 12.1. The first-order chi connectivity index (χ1) is 8.70. The van der Waals surface area contributed by atoms with Gasteiger partial charge in [0.1, 0.15) is 17.9 Å². The average Bonchev–Trinajstić information content (AvgIpc) is 2.38. The zero-order valence-corrected chi connectivity index (χ0v) is 10.9. The van der Waals surface area contributed by atoms with Gasteiger partial charge >= 0.3 is 5.97 Å². The van der Waals surface area contributed by atoms with E-state index in [4.69, 9.17) is 9.47 Å². The number of piperidine rings is 1. The molecule has 2 atom stereocenters. The molecule has 2 rings (SSSR count). The van der Waals surface area contributed by atoms with Crippen LogP contribution < -0.4 is 9.64 Å². The number of quaternary nitrogens is 1. The normalized spacial score (nSPS) is 23.4. The Morgan fingerprint density at radius 2 is 2.17 bits per heavy atom. The summed E-state index contributed by atoms with van der Waals surface area (Å²) < 4.78 is 10.7. The van der Waals surface area contributed by atoms with E-state index < -0.39 is 0 Å². The van der Waals surface area contributed by atoms with Crippen molar-refractivity contribution in [3.63, 3.8) is 0 Å². The molecule has 1 fully saturated rings. The number of carbonyl (C=O) groups excluding carboxylic acids is 1. The summed E-state index contributed by atoms with van der Waals surface area (Å²) in [5.41, 5.74) is 0.503. The molecule has 0 amide bonds. The molecule has 1 aliphatic rings. The van der Waals surface area contributed by atoms with E-state index in [1.54, 1.807) is 19.2 Å². The van der Waals surface area contributed by atoms with Crippen molar-refractivity contribution in [1.82, 2.24) is 0 Å². The first-order valence-electron chi connectivity index (χ1n) is 6.36. The number of rotatable bonds is 3. The van der Waals surface area contributed by atoms with Gasteiger partial charge in [-0.25, -0.2) is 4.79 Å². The smallest absolute Gasteiger partial charge is 0.342 e. The number of nitrogens with one attached hydrogen (secondary N) is 1. The lowest BCUT2D eigenvalue weighted by molar-refractivity contribution is -0.888. The molecule has 0 aromatic heterocycles. The van der Waals surface area contributed by atoms with E-state index in [2.05, 4.69) is 7.05 Å². The molecular formula is C14H20NO3+. The van der Waals surface area contributed by atoms with E-state index in [-0.39, 0.29) is 12.1 Å². The van der Waals surface area contributed by atoms with Crippen molar-refractivity contribution >= 4 is 5.97 Å². The Labute approximate surface area is 107 Å². The van der Waals surface area contributed by atoms with Crippen LogP contribution in [0.1, 0.15) is 23.2 Å². The van der Waals surface area contributed by atoms with Gasteiger partial charge in [-0.1, -0.05) is 12.1 Å². The van der Waals surface area contributed by atoms with Gasteiger partial charge in [0.25, 0.3) is 0 Å². The molecule has 1 unspecified atom stereocenters. The highest BCUT2D eigenvalue weighted by Gasteiger charge is 2.25. The number of methoxy groups -OCH3 is 1. The summed E-state index contributed by atoms with van der Waals surface area (Å²) in [7, 11) is 3.69. The minimum absolute atomic E-state index is 0.0242. The summed E-state index contributed by atoms with van der Waals surface area (Å²) in [4.78, 5) is 13.5. The fourth-order valence-electron chi connectivity index (χ4n) is 2.35. The van der Waals surface area contributed by atoms with E-state index in [0.717, 1.165) is 25.9 Å². The van der Waals surface area contributed by atoms with Gasteiger partial charge < -0.3 is 14.4 Å². The Balaban J connectivity index is 2.03. The third-order valence-electron chi connectivity index (χ3n) is 3.31. The fourth-order valence-corrected chi connectivity index (χ4v) is 2.35. The molecule has 1 N–H and O–H groups in total. The summed E-state index contributed by atoms with van der Waals surface area (Å²) in [6.45, 7) is 2.05. The van der Waals surface area contributed by atoms with Crippen LogP contribution in [0.2, 0.25) is 0 Å². The number of carbonyl (C=O) groups is 1. The van der Waals surface area contributed by atoms with Gasteiger partial charge in [-0.05, 0) is 18.6 Å². The first kappa shape index (κ1) is 12.9. The van der Waals surface area contributed by atoms with Crippen molar-refractivity contribution < 1.29 is 19.2 Å². The maximum Gasteiger partial charge on any atom is 0.342 e. The van der Waals surface area contributed by atoms with Gasteiger partial charge in [-0.3, -0.25) is 0 Å². The van der Waals surface area contributed by atoms with Crippen LogP contribution in [-0.2, 0) is 4.74 Å². The SMILES string of the molecule is COc1ccccc1C(=O)O[C@@H]1CCC[NH+](C)C1. The van der Waals surface area contributed by atoms with Gasteiger partial charge in [-0.2, -0.15) is 0 Å². The van der Waals surface area contributed by atoms with Crippen LogP contribution in [0.25, 0.3) is 0 Å². The lowest BCUT2D eigenvalue weighted by atomic mass is 10.1. The third-order valence-corrected chi connectivity index (χ3v) is 3.31. The highest BCUT2D eigenvalue weighted by molar-refractivity contribution is 5.92. The molecule has 4 nitrogen and oxygen atoms in total. The second-order valence-corrected chi connectivity index (χ2v) is 4.78. The number of ether oxygens (including phenoxy) is 2. The Morgan fingerprint density at radius 1 is 1.39 bits per heavy atom. The van der Waals surface area contributed by atoms with Gasteiger partial charge in [0.05, 0.1) is 20.7 Å². The van der Waals surface area contributed by atoms with E-state index in [1.165, 1.54) is 4.90 Å². The van der Waals surface area contributed by atoms with E-state index in [0.29, 0.717) is 11.3 Å². The quantitative estimate of drug-likeness (QED) is 0.796. The molecule has 0 bridgehead atoms. The molecule has 0 aliphatic carbocycles. The Kier molecular flexibility index (Phi) is 4.20. The predicted molar refractivity (Wildman–Crippen MR) is 68.1 cm³/mol. The summed E-state index contributed by atoms with van der Waals surface area (Å²) in [6.07, 6.45) is 2.09. The van der Waals surface area contributed by atoms with Crippen molar-refractivity contribution in [1.29, 1.82) is 0 Å². The predicted octanol–water partition coefficient (Wildman–Crippen LogP) is 0.529. The fraction of sp³-hybridized carbons (Fsp3) is 0.500. The molecule has 1 saturated heterocycles. The lowest BCUT2D eigenvalue weighted by Gasteiger charge is -2.26. The van der Waals surface area contributed by atoms with E-state index >= 15 is 0 Å². The Hall–Kier alpha value is -1.55. The second kappa shape index (κ2) is 5.87. The molecule has 0 spiro atoms. The molecule has 18 heavy (non-hydrogen) atoms. The number of likely N-dealkylation sites (tertiary alicyclic amines) is 1. The average molecular weight is 250 g/mol. The summed E-state index contributed by atoms with van der Waals surface area (Å²) in [5, 5.41) is 0. The first-order valence-corrected chi connectivity index (χ1v) is 6.36. The molecule has 4 heteroatoms. The second-order valence-electron chi connectivity index (χ2n) is 4.78. The topological polar surface area (TPSA) is 40.0 Å². The summed E-state index contributed by atoms with van der Waals surface area (Å²) >= 11 is 0. The van der Waals surface area contributed by atoms with Crippen LogP contribution in [0, 0.1) is 0 Å². The van der Waals surface area contributed by atoms with Crippen molar-refractivity contribution in [2.75, 3.05) is 27.2 Å². The minimum Gasteiger partial charge on any atom is -0.496 e. The van der Waals surface area contributed by atoms with Gasteiger partial charge in [0, 0.05) is 6.42 Å². The van der Waals surface area contributed by atoms with Gasteiger partial charge in [0.15, 0.2) is 6.10 Å². The molecule has 1 aromatic carbocycles. The number of esters is 1. The third kappa shape index (κ3) is 3.01. The largest absolute Gasteiger partial charge is 0.496 e. The highest BCUT2D eigenvalue weighted by atomic mass is 16.5. The zero-order valence-electron chi connectivity index (χ0n) is 10.9. The van der Waals surface area contributed by atoms with Crippen LogP contribution >= 0.6 is 0 Å². The maximum atomic E-state index is 12.1. The van der Waals surface area contributed by atoms with Crippen LogP contribution in [0.3, 0.4) is 0 Å². The number of benzene rings is 1.